The van der Waals surface area contributed by atoms with Gasteiger partial charge in [-0.25, -0.2) is 0 Å². The summed E-state index contributed by atoms with van der Waals surface area (Å²) in [4.78, 5) is 28.0. The van der Waals surface area contributed by atoms with Crippen molar-refractivity contribution >= 4 is 11.8 Å². The van der Waals surface area contributed by atoms with Gasteiger partial charge in [0.1, 0.15) is 5.75 Å². The third kappa shape index (κ3) is 5.32. The van der Waals surface area contributed by atoms with Crippen molar-refractivity contribution in [1.82, 2.24) is 10.2 Å². The first-order chi connectivity index (χ1) is 15.6. The number of hydrogen-bond acceptors (Lipinski definition) is 3. The number of piperidine rings is 1. The fourth-order valence-corrected chi connectivity index (χ4v) is 4.58. The Morgan fingerprint density at radius 2 is 1.59 bits per heavy atom. The van der Waals surface area contributed by atoms with Crippen molar-refractivity contribution in [1.29, 1.82) is 0 Å². The third-order valence-corrected chi connectivity index (χ3v) is 6.81. The molecule has 1 aliphatic carbocycles. The van der Waals surface area contributed by atoms with Crippen LogP contribution in [0.1, 0.15) is 55.3 Å². The number of rotatable bonds is 8. The molecule has 2 aliphatic rings. The summed E-state index contributed by atoms with van der Waals surface area (Å²) in [6, 6.07) is 16.6. The first kappa shape index (κ1) is 22.4. The molecule has 2 aromatic carbocycles. The van der Waals surface area contributed by atoms with E-state index in [1.54, 1.807) is 7.11 Å². The molecular formula is C27H34N2O3. The van der Waals surface area contributed by atoms with E-state index in [1.807, 2.05) is 29.2 Å². The van der Waals surface area contributed by atoms with Crippen molar-refractivity contribution in [3.05, 3.63) is 65.2 Å². The number of carbonyl (C=O) groups excluding carboxylic acids is 2. The minimum absolute atomic E-state index is 0.0619. The van der Waals surface area contributed by atoms with Gasteiger partial charge in [0.25, 0.3) is 0 Å². The molecule has 0 aromatic heterocycles. The molecule has 4 rings (SSSR count). The van der Waals surface area contributed by atoms with E-state index in [1.165, 1.54) is 11.1 Å². The highest BCUT2D eigenvalue weighted by molar-refractivity contribution is 5.84. The predicted molar refractivity (Wildman–Crippen MR) is 125 cm³/mol. The Morgan fingerprint density at radius 3 is 2.22 bits per heavy atom. The molecule has 1 heterocycles. The number of nitrogens with one attached hydrogen (secondary N) is 1. The highest BCUT2D eigenvalue weighted by Gasteiger charge is 2.41. The number of aryl methyl sites for hydroxylation is 1. The molecule has 5 nitrogen and oxygen atoms in total. The standard InChI is InChI=1S/C27H34N2O3/c1-3-19-4-8-21(9-5-19)25-15-12-23(18-29(25)27(31)22-10-11-22)26(30)28-17-16-20-6-13-24(32-2)14-7-20/h4-9,13-14,22-23,25H,3,10-12,15-18H2,1-2H3,(H,28,30)/t23-,25-/m1/s1. The van der Waals surface area contributed by atoms with E-state index in [0.29, 0.717) is 13.1 Å². The van der Waals surface area contributed by atoms with E-state index in [-0.39, 0.29) is 29.7 Å². The van der Waals surface area contributed by atoms with Gasteiger partial charge < -0.3 is 15.0 Å². The lowest BCUT2D eigenvalue weighted by Crippen LogP contribution is -2.47. The van der Waals surface area contributed by atoms with Crippen LogP contribution < -0.4 is 10.1 Å². The van der Waals surface area contributed by atoms with E-state index in [4.69, 9.17) is 4.74 Å². The van der Waals surface area contributed by atoms with Crippen molar-refractivity contribution < 1.29 is 14.3 Å². The minimum atomic E-state index is -0.139. The number of ether oxygens (including phenoxy) is 1. The van der Waals surface area contributed by atoms with Gasteiger partial charge in [0.2, 0.25) is 11.8 Å². The van der Waals surface area contributed by atoms with Gasteiger partial charge in [0.15, 0.2) is 0 Å². The van der Waals surface area contributed by atoms with E-state index in [9.17, 15) is 9.59 Å². The van der Waals surface area contributed by atoms with Gasteiger partial charge in [0.05, 0.1) is 19.1 Å². The van der Waals surface area contributed by atoms with Gasteiger partial charge in [-0.1, -0.05) is 43.3 Å². The lowest BCUT2D eigenvalue weighted by Gasteiger charge is -2.40. The van der Waals surface area contributed by atoms with Gasteiger partial charge in [-0.2, -0.15) is 0 Å². The zero-order valence-corrected chi connectivity index (χ0v) is 19.2. The van der Waals surface area contributed by atoms with E-state index in [2.05, 4.69) is 36.5 Å². The maximum absolute atomic E-state index is 13.1. The Morgan fingerprint density at radius 1 is 0.938 bits per heavy atom. The third-order valence-electron chi connectivity index (χ3n) is 6.81. The molecule has 1 saturated carbocycles. The van der Waals surface area contributed by atoms with Gasteiger partial charge in [-0.05, 0) is 67.3 Å². The highest BCUT2D eigenvalue weighted by atomic mass is 16.5. The van der Waals surface area contributed by atoms with Gasteiger partial charge in [0, 0.05) is 19.0 Å². The Hall–Kier alpha value is -2.82. The number of likely N-dealkylation sites (tertiary alicyclic amines) is 1. The topological polar surface area (TPSA) is 58.6 Å². The zero-order valence-electron chi connectivity index (χ0n) is 19.2. The quantitative estimate of drug-likeness (QED) is 0.674. The van der Waals surface area contributed by atoms with Crippen molar-refractivity contribution in [2.24, 2.45) is 11.8 Å². The molecule has 2 fully saturated rings. The maximum Gasteiger partial charge on any atom is 0.226 e. The number of nitrogens with zero attached hydrogens (tertiary/aromatic N) is 1. The van der Waals surface area contributed by atoms with E-state index >= 15 is 0 Å². The second kappa shape index (κ2) is 10.2. The van der Waals surface area contributed by atoms with Crippen LogP contribution in [0.25, 0.3) is 0 Å². The molecule has 2 aromatic rings. The normalized spacial score (nSPS) is 20.6. The summed E-state index contributed by atoms with van der Waals surface area (Å²) in [5.41, 5.74) is 3.66. The van der Waals surface area contributed by atoms with Crippen LogP contribution in [0.4, 0.5) is 0 Å². The minimum Gasteiger partial charge on any atom is -0.497 e. The lowest BCUT2D eigenvalue weighted by atomic mass is 9.87. The highest BCUT2D eigenvalue weighted by Crippen LogP contribution is 2.39. The average molecular weight is 435 g/mol. The monoisotopic (exact) mass is 434 g/mol. The summed E-state index contributed by atoms with van der Waals surface area (Å²) in [5, 5.41) is 3.10. The van der Waals surface area contributed by atoms with Crippen LogP contribution in [-0.4, -0.2) is 36.9 Å². The Labute approximate surface area is 191 Å². The zero-order chi connectivity index (χ0) is 22.5. The maximum atomic E-state index is 13.1. The van der Waals surface area contributed by atoms with Crippen molar-refractivity contribution in [3.63, 3.8) is 0 Å². The second-order valence-corrected chi connectivity index (χ2v) is 9.04. The van der Waals surface area contributed by atoms with E-state index < -0.39 is 0 Å². The summed E-state index contributed by atoms with van der Waals surface area (Å²) in [7, 11) is 1.65. The average Bonchev–Trinajstić information content (AvgIpc) is 3.69. The number of amides is 2. The Bertz CT molecular complexity index is 919. The van der Waals surface area contributed by atoms with Crippen LogP contribution in [0.5, 0.6) is 5.75 Å². The number of benzene rings is 2. The molecule has 32 heavy (non-hydrogen) atoms. The van der Waals surface area contributed by atoms with Crippen LogP contribution in [0, 0.1) is 11.8 Å². The van der Waals surface area contributed by atoms with Crippen molar-refractivity contribution in [2.75, 3.05) is 20.2 Å². The molecule has 2 atom stereocenters. The summed E-state index contributed by atoms with van der Waals surface area (Å²) in [5.74, 6) is 1.14. The van der Waals surface area contributed by atoms with E-state index in [0.717, 1.165) is 49.8 Å². The first-order valence-corrected chi connectivity index (χ1v) is 11.9. The molecule has 0 spiro atoms. The molecule has 0 radical (unpaired) electrons. The molecule has 1 N–H and O–H groups in total. The Balaban J connectivity index is 1.36. The molecule has 0 bridgehead atoms. The predicted octanol–water partition coefficient (Wildman–Crippen LogP) is 4.31. The van der Waals surface area contributed by atoms with Crippen LogP contribution in [0.15, 0.2) is 48.5 Å². The molecule has 1 saturated heterocycles. The van der Waals surface area contributed by atoms with Gasteiger partial charge in [-0.15, -0.1) is 0 Å². The largest absolute Gasteiger partial charge is 0.497 e. The molecule has 0 unspecified atom stereocenters. The second-order valence-electron chi connectivity index (χ2n) is 9.04. The van der Waals surface area contributed by atoms with Crippen molar-refractivity contribution in [2.45, 2.75) is 51.5 Å². The summed E-state index contributed by atoms with van der Waals surface area (Å²) in [6.07, 6.45) is 5.39. The molecular weight excluding hydrogens is 400 g/mol. The van der Waals surface area contributed by atoms with Crippen LogP contribution in [0.3, 0.4) is 0 Å². The fraction of sp³-hybridized carbons (Fsp3) is 0.481. The van der Waals surface area contributed by atoms with Gasteiger partial charge in [-0.3, -0.25) is 9.59 Å². The van der Waals surface area contributed by atoms with Crippen molar-refractivity contribution in [3.8, 4) is 5.75 Å². The summed E-state index contributed by atoms with van der Waals surface area (Å²) in [6.45, 7) is 3.26. The summed E-state index contributed by atoms with van der Waals surface area (Å²) >= 11 is 0. The lowest BCUT2D eigenvalue weighted by molar-refractivity contribution is -0.140. The smallest absolute Gasteiger partial charge is 0.226 e. The van der Waals surface area contributed by atoms with Gasteiger partial charge >= 0.3 is 0 Å². The number of hydrogen-bond donors (Lipinski definition) is 1. The molecule has 1 aliphatic heterocycles. The Kier molecular flexibility index (Phi) is 7.13. The molecule has 5 heteroatoms. The van der Waals surface area contributed by atoms with Crippen LogP contribution in [-0.2, 0) is 22.4 Å². The number of carbonyl (C=O) groups is 2. The number of methoxy groups -OCH3 is 1. The fourth-order valence-electron chi connectivity index (χ4n) is 4.58. The van der Waals surface area contributed by atoms with Crippen LogP contribution >= 0.6 is 0 Å². The molecule has 2 amide bonds. The SMILES string of the molecule is CCc1ccc([C@H]2CC[C@@H](C(=O)NCCc3ccc(OC)cc3)CN2C(=O)C2CC2)cc1. The van der Waals surface area contributed by atoms with Crippen LogP contribution in [0.2, 0.25) is 0 Å². The molecule has 170 valence electrons. The first-order valence-electron chi connectivity index (χ1n) is 11.9. The summed E-state index contributed by atoms with van der Waals surface area (Å²) < 4.78 is 5.19.